The van der Waals surface area contributed by atoms with Gasteiger partial charge in [0.05, 0.1) is 5.39 Å². The molecule has 0 spiro atoms. The number of hydrogen-bond donors (Lipinski definition) is 1. The number of hydrogen-bond acceptors (Lipinski definition) is 3. The van der Waals surface area contributed by atoms with Gasteiger partial charge in [-0.2, -0.15) is 0 Å². The number of aromatic nitrogens is 1. The summed E-state index contributed by atoms with van der Waals surface area (Å²) in [5, 5.41) is 3.99. The van der Waals surface area contributed by atoms with Crippen molar-refractivity contribution in [1.82, 2.24) is 5.16 Å². The second-order valence-electron chi connectivity index (χ2n) is 2.64. The summed E-state index contributed by atoms with van der Waals surface area (Å²) in [6.07, 6.45) is 0. The molecule has 3 nitrogen and oxygen atoms in total. The zero-order valence-corrected chi connectivity index (χ0v) is 6.47. The van der Waals surface area contributed by atoms with Crippen LogP contribution in [-0.2, 0) is 0 Å². The smallest absolute Gasteiger partial charge is 0.204 e. The molecule has 0 aliphatic heterocycles. The normalized spacial score (nSPS) is 10.8. The summed E-state index contributed by atoms with van der Waals surface area (Å²) < 4.78 is 17.9. The average molecular weight is 166 g/mol. The molecular formula is C8H7FN2O. The lowest BCUT2D eigenvalue weighted by atomic mass is 10.2. The van der Waals surface area contributed by atoms with E-state index in [-0.39, 0.29) is 11.4 Å². The van der Waals surface area contributed by atoms with E-state index >= 15 is 0 Å². The molecular weight excluding hydrogens is 159 g/mol. The van der Waals surface area contributed by atoms with Gasteiger partial charge in [0.2, 0.25) is 5.58 Å². The second-order valence-corrected chi connectivity index (χ2v) is 2.64. The van der Waals surface area contributed by atoms with Gasteiger partial charge >= 0.3 is 0 Å². The Bertz CT molecular complexity index is 436. The van der Waals surface area contributed by atoms with Crippen molar-refractivity contribution in [2.24, 2.45) is 0 Å². The maximum Gasteiger partial charge on any atom is 0.204 e. The third-order valence-corrected chi connectivity index (χ3v) is 1.80. The molecule has 0 radical (unpaired) electrons. The van der Waals surface area contributed by atoms with Crippen molar-refractivity contribution in [3.63, 3.8) is 0 Å². The first-order valence-corrected chi connectivity index (χ1v) is 3.50. The van der Waals surface area contributed by atoms with Gasteiger partial charge < -0.3 is 10.3 Å². The Balaban J connectivity index is 2.93. The lowest BCUT2D eigenvalue weighted by Gasteiger charge is -1.93. The number of fused-ring (bicyclic) bond motifs is 1. The summed E-state index contributed by atoms with van der Waals surface area (Å²) in [6.45, 7) is 1.66. The Morgan fingerprint density at radius 3 is 3.00 bits per heavy atom. The number of halogens is 1. The van der Waals surface area contributed by atoms with Gasteiger partial charge in [-0.3, -0.25) is 0 Å². The van der Waals surface area contributed by atoms with E-state index in [1.54, 1.807) is 19.1 Å². The van der Waals surface area contributed by atoms with Gasteiger partial charge in [0, 0.05) is 0 Å². The highest BCUT2D eigenvalue weighted by Gasteiger charge is 2.10. The van der Waals surface area contributed by atoms with Gasteiger partial charge in [-0.25, -0.2) is 4.39 Å². The van der Waals surface area contributed by atoms with Gasteiger partial charge in [-0.1, -0.05) is 11.2 Å². The molecule has 0 aliphatic carbocycles. The Labute approximate surface area is 67.9 Å². The fourth-order valence-corrected chi connectivity index (χ4v) is 1.09. The van der Waals surface area contributed by atoms with Crippen molar-refractivity contribution in [1.29, 1.82) is 0 Å². The molecule has 0 aliphatic rings. The summed E-state index contributed by atoms with van der Waals surface area (Å²) in [5.74, 6) is -0.166. The molecule has 1 aromatic heterocycles. The van der Waals surface area contributed by atoms with Gasteiger partial charge in [-0.05, 0) is 18.6 Å². The molecule has 12 heavy (non-hydrogen) atoms. The molecule has 4 heteroatoms. The second kappa shape index (κ2) is 2.20. The van der Waals surface area contributed by atoms with Crippen molar-refractivity contribution in [3.05, 3.63) is 23.5 Å². The third kappa shape index (κ3) is 0.777. The molecule has 0 saturated heterocycles. The van der Waals surface area contributed by atoms with Crippen LogP contribution in [0.15, 0.2) is 16.7 Å². The van der Waals surface area contributed by atoms with E-state index < -0.39 is 5.82 Å². The van der Waals surface area contributed by atoms with E-state index in [9.17, 15) is 4.39 Å². The first-order chi connectivity index (χ1) is 5.70. The van der Waals surface area contributed by atoms with Crippen LogP contribution < -0.4 is 5.73 Å². The molecule has 2 N–H and O–H groups in total. The summed E-state index contributed by atoms with van der Waals surface area (Å²) >= 11 is 0. The molecule has 1 aromatic carbocycles. The van der Waals surface area contributed by atoms with Gasteiger partial charge in [0.15, 0.2) is 11.6 Å². The molecule has 0 fully saturated rings. The Kier molecular flexibility index (Phi) is 1.30. The van der Waals surface area contributed by atoms with Crippen molar-refractivity contribution >= 4 is 16.8 Å². The highest BCUT2D eigenvalue weighted by molar-refractivity contribution is 5.87. The van der Waals surface area contributed by atoms with Crippen LogP contribution in [0.2, 0.25) is 0 Å². The molecule has 0 unspecified atom stereocenters. The molecule has 2 aromatic rings. The predicted octanol–water partition coefficient (Wildman–Crippen LogP) is 1.86. The number of anilines is 1. The molecule has 0 bridgehead atoms. The van der Waals surface area contributed by atoms with E-state index in [1.807, 2.05) is 0 Å². The lowest BCUT2D eigenvalue weighted by Crippen LogP contribution is -1.85. The summed E-state index contributed by atoms with van der Waals surface area (Å²) in [4.78, 5) is 0. The zero-order valence-electron chi connectivity index (χ0n) is 6.47. The lowest BCUT2D eigenvalue weighted by molar-refractivity contribution is 0.443. The monoisotopic (exact) mass is 166 g/mol. The molecule has 62 valence electrons. The van der Waals surface area contributed by atoms with Crippen LogP contribution in [-0.4, -0.2) is 5.16 Å². The van der Waals surface area contributed by atoms with Crippen LogP contribution in [0.25, 0.3) is 11.0 Å². The largest absolute Gasteiger partial charge is 0.380 e. The van der Waals surface area contributed by atoms with Crippen LogP contribution in [0.5, 0.6) is 0 Å². The van der Waals surface area contributed by atoms with Crippen LogP contribution in [0.3, 0.4) is 0 Å². The van der Waals surface area contributed by atoms with Crippen molar-refractivity contribution in [3.8, 4) is 0 Å². The predicted molar refractivity (Wildman–Crippen MR) is 43.1 cm³/mol. The Morgan fingerprint density at radius 1 is 1.50 bits per heavy atom. The van der Waals surface area contributed by atoms with Crippen LogP contribution in [0.4, 0.5) is 10.2 Å². The maximum atomic E-state index is 13.2. The van der Waals surface area contributed by atoms with Crippen LogP contribution in [0.1, 0.15) is 5.56 Å². The summed E-state index contributed by atoms with van der Waals surface area (Å²) in [6, 6.07) is 3.34. The molecule has 0 saturated carbocycles. The Hall–Kier alpha value is -1.58. The van der Waals surface area contributed by atoms with Crippen molar-refractivity contribution in [2.75, 3.05) is 5.73 Å². The molecule has 2 rings (SSSR count). The van der Waals surface area contributed by atoms with Crippen LogP contribution >= 0.6 is 0 Å². The average Bonchev–Trinajstić information content (AvgIpc) is 2.41. The SMILES string of the molecule is Cc1ccc2c(N)noc2c1F. The van der Waals surface area contributed by atoms with Gasteiger partial charge in [-0.15, -0.1) is 0 Å². The first kappa shape index (κ1) is 7.09. The van der Waals surface area contributed by atoms with Gasteiger partial charge in [0.1, 0.15) is 0 Å². The number of nitrogen functional groups attached to an aromatic ring is 1. The van der Waals surface area contributed by atoms with E-state index in [1.165, 1.54) is 0 Å². The fraction of sp³-hybridized carbons (Fsp3) is 0.125. The molecule has 1 heterocycles. The van der Waals surface area contributed by atoms with E-state index in [4.69, 9.17) is 10.3 Å². The first-order valence-electron chi connectivity index (χ1n) is 3.50. The van der Waals surface area contributed by atoms with E-state index in [0.29, 0.717) is 10.9 Å². The quantitative estimate of drug-likeness (QED) is 0.649. The van der Waals surface area contributed by atoms with Crippen molar-refractivity contribution in [2.45, 2.75) is 6.92 Å². The standard InChI is InChI=1S/C8H7FN2O/c1-4-2-3-5-7(6(4)9)12-11-8(5)10/h2-3H,1H3,(H2,10,11). The molecule has 0 atom stereocenters. The highest BCUT2D eigenvalue weighted by Crippen LogP contribution is 2.24. The zero-order chi connectivity index (χ0) is 8.72. The minimum absolute atomic E-state index is 0.132. The van der Waals surface area contributed by atoms with Crippen molar-refractivity contribution < 1.29 is 8.91 Å². The van der Waals surface area contributed by atoms with Gasteiger partial charge in [0.25, 0.3) is 0 Å². The maximum absolute atomic E-state index is 13.2. The fourth-order valence-electron chi connectivity index (χ4n) is 1.09. The minimum Gasteiger partial charge on any atom is -0.380 e. The third-order valence-electron chi connectivity index (χ3n) is 1.80. The summed E-state index contributed by atoms with van der Waals surface area (Å²) in [7, 11) is 0. The number of nitrogens with two attached hydrogens (primary N) is 1. The molecule has 0 amide bonds. The highest BCUT2D eigenvalue weighted by atomic mass is 19.1. The topological polar surface area (TPSA) is 52.0 Å². The van der Waals surface area contributed by atoms with E-state index in [0.717, 1.165) is 0 Å². The Morgan fingerprint density at radius 2 is 2.25 bits per heavy atom. The number of benzene rings is 1. The number of rotatable bonds is 0. The minimum atomic E-state index is -0.392. The van der Waals surface area contributed by atoms with Crippen LogP contribution in [0, 0.1) is 12.7 Å². The van der Waals surface area contributed by atoms with E-state index in [2.05, 4.69) is 5.16 Å². The summed E-state index contributed by atoms with van der Waals surface area (Å²) in [5.41, 5.74) is 6.08. The number of nitrogens with zero attached hydrogens (tertiary/aromatic N) is 1. The number of aryl methyl sites for hydroxylation is 1.